The average Bonchev–Trinajstić information content (AvgIpc) is 2.67. The molecule has 0 bridgehead atoms. The largest absolute Gasteiger partial charge is 1.00 e. The zero-order valence-corrected chi connectivity index (χ0v) is 17.2. The van der Waals surface area contributed by atoms with Gasteiger partial charge in [0.25, 0.3) is 6.01 Å². The third kappa shape index (κ3) is 10.9. The molecule has 5 N–H and O–H groups in total. The summed E-state index contributed by atoms with van der Waals surface area (Å²) in [6.07, 6.45) is -0.486. The van der Waals surface area contributed by atoms with Gasteiger partial charge in [0, 0.05) is 4.57 Å². The molecule has 9 nitrogen and oxygen atoms in total. The Morgan fingerprint density at radius 1 is 1.29 bits per heavy atom. The zero-order valence-electron chi connectivity index (χ0n) is 13.4. The molecule has 0 fully saturated rings. The molecule has 0 aliphatic heterocycles. The minimum absolute atomic E-state index is 0. The predicted octanol–water partition coefficient (Wildman–Crippen LogP) is -4.76. The van der Waals surface area contributed by atoms with E-state index in [1.54, 1.807) is 24.3 Å². The molecule has 0 amide bonds. The van der Waals surface area contributed by atoms with Gasteiger partial charge in [0.1, 0.15) is 11.8 Å². The standard InChI is InChI=1S/C8H9N2O4P.2Na.HO3P.2H/c11-15(12,13)5-9-8-10-6-3-1-2-4-7(6)14-8;;;1-4(2)3;;/h1-4H,5H2,(H,9,10)(H2,11,12,13);;;(H-,1,2,3);;/q;2*+1;;2*-1/p+1. The third-order valence-corrected chi connectivity index (χ3v) is 2.30. The van der Waals surface area contributed by atoms with Gasteiger partial charge in [-0.1, -0.05) is 12.1 Å². The van der Waals surface area contributed by atoms with Gasteiger partial charge in [-0.15, -0.1) is 9.79 Å². The van der Waals surface area contributed by atoms with Crippen molar-refractivity contribution in [2.75, 3.05) is 11.6 Å². The fraction of sp³-hybridized carbons (Fsp3) is 0.125. The van der Waals surface area contributed by atoms with E-state index in [0.29, 0.717) is 11.1 Å². The topological polar surface area (TPSA) is 153 Å². The van der Waals surface area contributed by atoms with Gasteiger partial charge in [-0.05, 0) is 12.1 Å². The molecular weight excluding hydrogens is 344 g/mol. The number of nitrogens with one attached hydrogen (secondary N) is 1. The molecule has 0 unspecified atom stereocenters. The Labute approximate surface area is 167 Å². The molecule has 21 heavy (non-hydrogen) atoms. The van der Waals surface area contributed by atoms with Crippen LogP contribution in [0, 0.1) is 0 Å². The summed E-state index contributed by atoms with van der Waals surface area (Å²) in [5, 5.41) is 2.43. The average molecular weight is 357 g/mol. The van der Waals surface area contributed by atoms with Crippen molar-refractivity contribution in [3.05, 3.63) is 24.3 Å². The number of oxazole rings is 1. The molecular formula is C8H13N2Na2O7P2+. The fourth-order valence-corrected chi connectivity index (χ4v) is 1.46. The molecule has 108 valence electrons. The van der Waals surface area contributed by atoms with Crippen LogP contribution in [0.4, 0.5) is 6.01 Å². The van der Waals surface area contributed by atoms with E-state index in [4.69, 9.17) is 28.6 Å². The zero-order chi connectivity index (χ0) is 14.5. The first-order chi connectivity index (χ1) is 8.78. The first kappa shape index (κ1) is 23.9. The van der Waals surface area contributed by atoms with E-state index in [1.165, 1.54) is 0 Å². The van der Waals surface area contributed by atoms with E-state index in [2.05, 4.69) is 10.3 Å². The van der Waals surface area contributed by atoms with Gasteiger partial charge in [0.15, 0.2) is 5.58 Å². The minimum atomic E-state index is -4.09. The first-order valence-corrected chi connectivity index (χ1v) is 7.73. The van der Waals surface area contributed by atoms with Crippen LogP contribution >= 0.6 is 15.9 Å². The van der Waals surface area contributed by atoms with Crippen molar-refractivity contribution >= 4 is 33.0 Å². The fourth-order valence-electron chi connectivity index (χ4n) is 1.12. The van der Waals surface area contributed by atoms with Gasteiger partial charge < -0.3 is 22.4 Å². The van der Waals surface area contributed by atoms with E-state index in [9.17, 15) is 4.57 Å². The van der Waals surface area contributed by atoms with Gasteiger partial charge in [0.05, 0.1) is 0 Å². The molecule has 0 spiro atoms. The molecule has 1 aromatic heterocycles. The summed E-state index contributed by atoms with van der Waals surface area (Å²) in [6.45, 7) is 0. The third-order valence-electron chi connectivity index (χ3n) is 1.73. The van der Waals surface area contributed by atoms with E-state index in [-0.39, 0.29) is 68.0 Å². The van der Waals surface area contributed by atoms with Crippen molar-refractivity contribution in [2.24, 2.45) is 0 Å². The van der Waals surface area contributed by atoms with E-state index in [1.807, 2.05) is 0 Å². The Morgan fingerprint density at radius 2 is 1.81 bits per heavy atom. The SMILES string of the molecule is O=P(O)(O)CNc1nc2ccccc2o1.O=[P+](O)O.[H-].[H-].[Na+].[Na+]. The first-order valence-electron chi connectivity index (χ1n) is 4.77. The Hall–Kier alpha value is 0.660. The summed E-state index contributed by atoms with van der Waals surface area (Å²) in [7, 11) is -6.96. The Kier molecular flexibility index (Phi) is 12.8. The van der Waals surface area contributed by atoms with Crippen LogP contribution in [-0.2, 0) is 9.13 Å². The van der Waals surface area contributed by atoms with Gasteiger partial charge in [-0.2, -0.15) is 4.98 Å². The van der Waals surface area contributed by atoms with Crippen LogP contribution < -0.4 is 64.4 Å². The number of anilines is 1. The second-order valence-electron chi connectivity index (χ2n) is 3.24. The van der Waals surface area contributed by atoms with Crippen LogP contribution in [-0.4, -0.2) is 30.8 Å². The maximum atomic E-state index is 10.6. The van der Waals surface area contributed by atoms with Gasteiger partial charge in [-0.3, -0.25) is 4.57 Å². The molecule has 0 atom stereocenters. The maximum absolute atomic E-state index is 10.6. The van der Waals surface area contributed by atoms with Crippen LogP contribution in [0.2, 0.25) is 0 Å². The number of fused-ring (bicyclic) bond motifs is 1. The number of para-hydroxylation sites is 2. The maximum Gasteiger partial charge on any atom is 1.00 e. The molecule has 0 aliphatic rings. The number of nitrogens with zero attached hydrogens (tertiary/aromatic N) is 1. The van der Waals surface area contributed by atoms with Gasteiger partial charge in [-0.25, -0.2) is 0 Å². The monoisotopic (exact) mass is 357 g/mol. The number of aromatic nitrogens is 1. The van der Waals surface area contributed by atoms with Crippen molar-refractivity contribution < 1.29 is 95.1 Å². The van der Waals surface area contributed by atoms with Crippen LogP contribution in [0.15, 0.2) is 28.7 Å². The number of benzene rings is 1. The molecule has 0 aliphatic carbocycles. The second kappa shape index (κ2) is 11.2. The van der Waals surface area contributed by atoms with Gasteiger partial charge >= 0.3 is 75.0 Å². The van der Waals surface area contributed by atoms with Crippen LogP contribution in [0.25, 0.3) is 11.1 Å². The van der Waals surface area contributed by atoms with Crippen molar-refractivity contribution in [3.8, 4) is 0 Å². The molecule has 1 heterocycles. The molecule has 0 radical (unpaired) electrons. The molecule has 0 saturated carbocycles. The van der Waals surface area contributed by atoms with Crippen LogP contribution in [0.5, 0.6) is 0 Å². The quantitative estimate of drug-likeness (QED) is 0.269. The summed E-state index contributed by atoms with van der Waals surface area (Å²) in [4.78, 5) is 35.5. The van der Waals surface area contributed by atoms with Gasteiger partial charge in [0.2, 0.25) is 0 Å². The van der Waals surface area contributed by atoms with Crippen molar-refractivity contribution in [1.82, 2.24) is 4.98 Å². The Balaban J connectivity index is -0.000000205. The summed E-state index contributed by atoms with van der Waals surface area (Å²) in [5.41, 5.74) is 1.22. The minimum Gasteiger partial charge on any atom is -1.00 e. The van der Waals surface area contributed by atoms with E-state index in [0.717, 1.165) is 0 Å². The molecule has 13 heteroatoms. The van der Waals surface area contributed by atoms with Crippen LogP contribution in [0.3, 0.4) is 0 Å². The Bertz CT molecular complexity index is 590. The van der Waals surface area contributed by atoms with Crippen molar-refractivity contribution in [2.45, 2.75) is 0 Å². The smallest absolute Gasteiger partial charge is 1.00 e. The molecule has 2 aromatic rings. The van der Waals surface area contributed by atoms with Crippen LogP contribution in [0.1, 0.15) is 2.85 Å². The number of hydrogen-bond donors (Lipinski definition) is 5. The summed E-state index contributed by atoms with van der Waals surface area (Å²) < 4.78 is 24.5. The normalized spacial score (nSPS) is 9.71. The van der Waals surface area contributed by atoms with E-state index < -0.39 is 22.1 Å². The molecule has 0 saturated heterocycles. The molecule has 1 aromatic carbocycles. The number of rotatable bonds is 3. The van der Waals surface area contributed by atoms with Crippen molar-refractivity contribution in [3.63, 3.8) is 0 Å². The second-order valence-corrected chi connectivity index (χ2v) is 5.39. The molecule has 2 rings (SSSR count). The Morgan fingerprint density at radius 3 is 2.29 bits per heavy atom. The van der Waals surface area contributed by atoms with Crippen molar-refractivity contribution in [1.29, 1.82) is 0 Å². The summed E-state index contributed by atoms with van der Waals surface area (Å²) in [6, 6.07) is 7.18. The summed E-state index contributed by atoms with van der Waals surface area (Å²) >= 11 is 0. The van der Waals surface area contributed by atoms with E-state index >= 15 is 0 Å². The number of hydrogen-bond acceptors (Lipinski definition) is 5. The summed E-state index contributed by atoms with van der Waals surface area (Å²) in [5.74, 6) is 0. The predicted molar refractivity (Wildman–Crippen MR) is 68.8 cm³/mol.